The van der Waals surface area contributed by atoms with E-state index >= 15 is 0 Å². The average Bonchev–Trinajstić information content (AvgIpc) is 3.13. The van der Waals surface area contributed by atoms with Crippen LogP contribution in [0.2, 0.25) is 0 Å². The first-order chi connectivity index (χ1) is 16.3. The number of esters is 1. The Bertz CT molecular complexity index is 1370. The average molecular weight is 473 g/mol. The second kappa shape index (κ2) is 9.77. The molecule has 0 spiro atoms. The second-order valence-corrected chi connectivity index (χ2v) is 9.67. The number of nitrogens with one attached hydrogen (secondary N) is 1. The van der Waals surface area contributed by atoms with E-state index in [1.807, 2.05) is 89.2 Å². The standard InChI is InChI=1S/C28H28N2O3S/c1-6-20-18(5)34-27(24(20)28(32)33-16(2)3)30-26(31)23-17(4)25(19-12-8-7-9-13-19)29-22-15-11-10-14-21(22)23/h7-16H,6H2,1-5H3,(H,30,31). The number of amides is 1. The van der Waals surface area contributed by atoms with Crippen molar-refractivity contribution < 1.29 is 14.3 Å². The molecule has 5 nitrogen and oxygen atoms in total. The van der Waals surface area contributed by atoms with Crippen LogP contribution in [0.4, 0.5) is 5.00 Å². The normalized spacial score (nSPS) is 11.1. The molecule has 1 amide bonds. The van der Waals surface area contributed by atoms with Gasteiger partial charge in [-0.1, -0.05) is 55.5 Å². The summed E-state index contributed by atoms with van der Waals surface area (Å²) in [4.78, 5) is 32.5. The molecule has 0 atom stereocenters. The molecular weight excluding hydrogens is 444 g/mol. The van der Waals surface area contributed by atoms with Crippen molar-refractivity contribution in [2.45, 2.75) is 47.1 Å². The van der Waals surface area contributed by atoms with Gasteiger partial charge in [0.15, 0.2) is 0 Å². The minimum atomic E-state index is -0.409. The summed E-state index contributed by atoms with van der Waals surface area (Å²) in [5.41, 5.74) is 5.16. The summed E-state index contributed by atoms with van der Waals surface area (Å²) in [6.45, 7) is 9.52. The molecule has 4 rings (SSSR count). The van der Waals surface area contributed by atoms with Crippen molar-refractivity contribution in [1.82, 2.24) is 4.98 Å². The summed E-state index contributed by atoms with van der Waals surface area (Å²) in [6.07, 6.45) is 0.427. The third-order valence-corrected chi connectivity index (χ3v) is 6.81. The number of ether oxygens (including phenoxy) is 1. The lowest BCUT2D eigenvalue weighted by Crippen LogP contribution is -2.18. The van der Waals surface area contributed by atoms with Gasteiger partial charge in [-0.15, -0.1) is 11.3 Å². The first kappa shape index (κ1) is 23.6. The van der Waals surface area contributed by atoms with Crippen LogP contribution < -0.4 is 5.32 Å². The van der Waals surface area contributed by atoms with E-state index < -0.39 is 5.97 Å². The van der Waals surface area contributed by atoms with Crippen LogP contribution in [0.3, 0.4) is 0 Å². The summed E-state index contributed by atoms with van der Waals surface area (Å²) in [5.74, 6) is -0.677. The fraction of sp³-hybridized carbons (Fsp3) is 0.250. The number of thiophene rings is 1. The highest BCUT2D eigenvalue weighted by molar-refractivity contribution is 7.16. The van der Waals surface area contributed by atoms with Gasteiger partial charge in [0.2, 0.25) is 0 Å². The molecule has 0 unspecified atom stereocenters. The van der Waals surface area contributed by atoms with Crippen LogP contribution >= 0.6 is 11.3 Å². The zero-order chi connectivity index (χ0) is 24.4. The van der Waals surface area contributed by atoms with Crippen molar-refractivity contribution in [3.63, 3.8) is 0 Å². The number of aryl methyl sites for hydroxylation is 1. The van der Waals surface area contributed by atoms with Gasteiger partial charge in [-0.05, 0) is 51.3 Å². The van der Waals surface area contributed by atoms with Gasteiger partial charge in [-0.25, -0.2) is 9.78 Å². The Hall–Kier alpha value is -3.51. The zero-order valence-electron chi connectivity index (χ0n) is 20.1. The lowest BCUT2D eigenvalue weighted by atomic mass is 9.97. The molecule has 0 saturated heterocycles. The fourth-order valence-electron chi connectivity index (χ4n) is 4.22. The van der Waals surface area contributed by atoms with Crippen LogP contribution in [0.1, 0.15) is 57.5 Å². The van der Waals surface area contributed by atoms with Crippen LogP contribution in [-0.2, 0) is 11.2 Å². The van der Waals surface area contributed by atoms with Crippen molar-refractivity contribution in [3.8, 4) is 11.3 Å². The van der Waals surface area contributed by atoms with Gasteiger partial charge in [0, 0.05) is 15.8 Å². The van der Waals surface area contributed by atoms with Gasteiger partial charge in [0.05, 0.1) is 28.4 Å². The number of hydrogen-bond acceptors (Lipinski definition) is 5. The highest BCUT2D eigenvalue weighted by atomic mass is 32.1. The Morgan fingerprint density at radius 3 is 2.35 bits per heavy atom. The van der Waals surface area contributed by atoms with E-state index in [-0.39, 0.29) is 12.0 Å². The topological polar surface area (TPSA) is 68.3 Å². The van der Waals surface area contributed by atoms with Gasteiger partial charge in [-0.2, -0.15) is 0 Å². The molecule has 6 heteroatoms. The minimum Gasteiger partial charge on any atom is -0.459 e. The highest BCUT2D eigenvalue weighted by Gasteiger charge is 2.26. The molecule has 0 radical (unpaired) electrons. The number of carbonyl (C=O) groups excluding carboxylic acids is 2. The number of hydrogen-bond donors (Lipinski definition) is 1. The van der Waals surface area contributed by atoms with Crippen molar-refractivity contribution >= 4 is 39.1 Å². The molecule has 174 valence electrons. The Balaban J connectivity index is 1.84. The molecule has 0 aliphatic heterocycles. The van der Waals surface area contributed by atoms with Gasteiger partial charge >= 0.3 is 5.97 Å². The van der Waals surface area contributed by atoms with Crippen LogP contribution in [-0.4, -0.2) is 23.0 Å². The van der Waals surface area contributed by atoms with Gasteiger partial charge in [0.1, 0.15) is 5.00 Å². The van der Waals surface area contributed by atoms with E-state index in [2.05, 4.69) is 5.32 Å². The molecule has 0 fully saturated rings. The van der Waals surface area contributed by atoms with Crippen molar-refractivity contribution in [2.24, 2.45) is 0 Å². The van der Waals surface area contributed by atoms with E-state index in [1.165, 1.54) is 11.3 Å². The van der Waals surface area contributed by atoms with E-state index in [4.69, 9.17) is 9.72 Å². The lowest BCUT2D eigenvalue weighted by molar-refractivity contribution is 0.0378. The Labute approximate surface area is 203 Å². The summed E-state index contributed by atoms with van der Waals surface area (Å²) in [6, 6.07) is 17.5. The van der Waals surface area contributed by atoms with Crippen LogP contribution in [0, 0.1) is 13.8 Å². The SMILES string of the molecule is CCc1c(C)sc(NC(=O)c2c(C)c(-c3ccccc3)nc3ccccc23)c1C(=O)OC(C)C. The van der Waals surface area contributed by atoms with Gasteiger partial charge < -0.3 is 10.1 Å². The number of fused-ring (bicyclic) bond motifs is 1. The monoisotopic (exact) mass is 472 g/mol. The first-order valence-corrected chi connectivity index (χ1v) is 12.2. The zero-order valence-corrected chi connectivity index (χ0v) is 20.9. The van der Waals surface area contributed by atoms with Crippen molar-refractivity contribution in [1.29, 1.82) is 0 Å². The third kappa shape index (κ3) is 4.46. The van der Waals surface area contributed by atoms with E-state index in [0.717, 1.165) is 38.2 Å². The second-order valence-electron chi connectivity index (χ2n) is 8.45. The molecule has 4 aromatic rings. The molecule has 1 N–H and O–H groups in total. The van der Waals surface area contributed by atoms with Crippen LogP contribution in [0.15, 0.2) is 54.6 Å². The molecule has 2 aromatic heterocycles. The van der Waals surface area contributed by atoms with E-state index in [9.17, 15) is 9.59 Å². The molecule has 2 heterocycles. The number of carbonyl (C=O) groups is 2. The molecule has 0 bridgehead atoms. The Morgan fingerprint density at radius 2 is 1.68 bits per heavy atom. The highest BCUT2D eigenvalue weighted by Crippen LogP contribution is 2.36. The minimum absolute atomic E-state index is 0.249. The van der Waals surface area contributed by atoms with Crippen LogP contribution in [0.25, 0.3) is 22.2 Å². The van der Waals surface area contributed by atoms with E-state index in [1.54, 1.807) is 0 Å². The number of rotatable bonds is 6. The molecule has 0 aliphatic rings. The van der Waals surface area contributed by atoms with Gasteiger partial charge in [0.25, 0.3) is 5.91 Å². The smallest absolute Gasteiger partial charge is 0.341 e. The molecule has 2 aromatic carbocycles. The number of pyridine rings is 1. The van der Waals surface area contributed by atoms with Crippen molar-refractivity contribution in [2.75, 3.05) is 5.32 Å². The summed E-state index contributed by atoms with van der Waals surface area (Å²) in [5, 5.41) is 4.33. The van der Waals surface area contributed by atoms with E-state index in [0.29, 0.717) is 22.5 Å². The lowest BCUT2D eigenvalue weighted by Gasteiger charge is -2.15. The molecule has 34 heavy (non-hydrogen) atoms. The number of benzene rings is 2. The molecule has 0 saturated carbocycles. The quantitative estimate of drug-likeness (QED) is 0.308. The van der Waals surface area contributed by atoms with Gasteiger partial charge in [-0.3, -0.25) is 4.79 Å². The number of nitrogens with zero attached hydrogens (tertiary/aromatic N) is 1. The maximum absolute atomic E-state index is 13.8. The maximum atomic E-state index is 13.8. The Kier molecular flexibility index (Phi) is 6.80. The van der Waals surface area contributed by atoms with Crippen molar-refractivity contribution in [3.05, 3.63) is 81.7 Å². The fourth-order valence-corrected chi connectivity index (χ4v) is 5.35. The predicted octanol–water partition coefficient (Wildman–Crippen LogP) is 6.96. The molecular formula is C28H28N2O3S. The predicted molar refractivity (Wildman–Crippen MR) is 139 cm³/mol. The maximum Gasteiger partial charge on any atom is 0.341 e. The summed E-state index contributed by atoms with van der Waals surface area (Å²) >= 11 is 1.41. The number of aromatic nitrogens is 1. The summed E-state index contributed by atoms with van der Waals surface area (Å²) in [7, 11) is 0. The Morgan fingerprint density at radius 1 is 1.00 bits per heavy atom. The molecule has 0 aliphatic carbocycles. The number of anilines is 1. The largest absolute Gasteiger partial charge is 0.459 e. The first-order valence-electron chi connectivity index (χ1n) is 11.4. The van der Waals surface area contributed by atoms with Crippen LogP contribution in [0.5, 0.6) is 0 Å². The third-order valence-electron chi connectivity index (χ3n) is 5.75. The number of para-hydroxylation sites is 1. The summed E-state index contributed by atoms with van der Waals surface area (Å²) < 4.78 is 5.50.